The van der Waals surface area contributed by atoms with Gasteiger partial charge in [-0.25, -0.2) is 4.57 Å². The highest BCUT2D eigenvalue weighted by Gasteiger charge is 2.28. The van der Waals surface area contributed by atoms with Gasteiger partial charge in [-0.2, -0.15) is 0 Å². The minimum absolute atomic E-state index is 0.00551. The molecular weight excluding hydrogens is 836 g/mol. The summed E-state index contributed by atoms with van der Waals surface area (Å²) >= 11 is 1.19. The topological polar surface area (TPSA) is 231 Å². The average Bonchev–Trinajstić information content (AvgIpc) is 3.50. The van der Waals surface area contributed by atoms with Crippen molar-refractivity contribution < 1.29 is 57.0 Å². The van der Waals surface area contributed by atoms with E-state index in [1.54, 1.807) is 12.2 Å². The molecule has 16 heteroatoms. The first-order valence-corrected chi connectivity index (χ1v) is 25.0. The monoisotopic (exact) mass is 912 g/mol. The number of furan rings is 1. The van der Waals surface area contributed by atoms with E-state index in [1.165, 1.54) is 42.2 Å². The normalized spacial score (nSPS) is 15.1. The molecule has 0 bridgehead atoms. The van der Waals surface area contributed by atoms with E-state index in [4.69, 9.17) is 39.5 Å². The Balaban J connectivity index is 2.72. The van der Waals surface area contributed by atoms with Crippen LogP contribution in [-0.4, -0.2) is 88.6 Å². The maximum Gasteiger partial charge on any atom is 0.472 e. The summed E-state index contributed by atoms with van der Waals surface area (Å²) in [6, 6.07) is -1.20. The Morgan fingerprint density at radius 1 is 0.823 bits per heavy atom. The molecule has 0 aliphatic heterocycles. The lowest BCUT2D eigenvalue weighted by Crippen LogP contribution is -2.40. The molecule has 62 heavy (non-hydrogen) atoms. The molecule has 5 atom stereocenters. The van der Waals surface area contributed by atoms with E-state index in [2.05, 4.69) is 39.8 Å². The molecule has 354 valence electrons. The lowest BCUT2D eigenvalue weighted by molar-refractivity contribution is -0.161. The third kappa shape index (κ3) is 27.9. The first-order valence-electron chi connectivity index (χ1n) is 22.4. The number of phosphoric ester groups is 1. The number of aliphatic hydroxyl groups excluding tert-OH is 1. The van der Waals surface area contributed by atoms with E-state index in [-0.39, 0.29) is 44.6 Å². The molecule has 0 saturated heterocycles. The highest BCUT2D eigenvalue weighted by molar-refractivity contribution is 8.00. The number of carbonyl (C=O) groups excluding carboxylic acids is 2. The molecule has 1 aromatic rings. The van der Waals surface area contributed by atoms with E-state index in [9.17, 15) is 28.9 Å². The minimum atomic E-state index is -4.55. The Labute approximate surface area is 374 Å². The Morgan fingerprint density at radius 3 is 2.21 bits per heavy atom. The Morgan fingerprint density at radius 2 is 1.52 bits per heavy atom. The number of esters is 2. The number of unbranched alkanes of at least 4 members (excludes halogenated alkanes) is 8. The zero-order valence-electron chi connectivity index (χ0n) is 37.7. The summed E-state index contributed by atoms with van der Waals surface area (Å²) in [6.07, 6.45) is 27.8. The van der Waals surface area contributed by atoms with Gasteiger partial charge in [-0.05, 0) is 76.3 Å². The van der Waals surface area contributed by atoms with E-state index in [0.717, 1.165) is 75.7 Å². The van der Waals surface area contributed by atoms with Crippen molar-refractivity contribution in [3.8, 4) is 0 Å². The van der Waals surface area contributed by atoms with Gasteiger partial charge in [0, 0.05) is 43.2 Å². The van der Waals surface area contributed by atoms with Crippen LogP contribution in [0.4, 0.5) is 0 Å². The summed E-state index contributed by atoms with van der Waals surface area (Å²) in [6.45, 7) is 7.22. The smallest absolute Gasteiger partial charge is 0.472 e. The summed E-state index contributed by atoms with van der Waals surface area (Å²) in [5, 5.41) is 19.4. The van der Waals surface area contributed by atoms with Crippen LogP contribution in [0.1, 0.15) is 139 Å². The van der Waals surface area contributed by atoms with Gasteiger partial charge in [0.25, 0.3) is 0 Å². The highest BCUT2D eigenvalue weighted by atomic mass is 32.2. The van der Waals surface area contributed by atoms with Crippen LogP contribution in [-0.2, 0) is 50.3 Å². The van der Waals surface area contributed by atoms with Gasteiger partial charge in [-0.1, -0.05) is 101 Å². The van der Waals surface area contributed by atoms with Gasteiger partial charge >= 0.3 is 25.7 Å². The molecule has 0 aromatic carbocycles. The molecule has 0 radical (unpaired) electrons. The van der Waals surface area contributed by atoms with Crippen molar-refractivity contribution in [2.45, 2.75) is 167 Å². The lowest BCUT2D eigenvalue weighted by atomic mass is 10.0. The van der Waals surface area contributed by atoms with Crippen molar-refractivity contribution >= 4 is 37.5 Å². The highest BCUT2D eigenvalue weighted by Crippen LogP contribution is 2.43. The molecule has 1 rings (SSSR count). The lowest BCUT2D eigenvalue weighted by Gasteiger charge is -2.23. The second-order valence-corrected chi connectivity index (χ2v) is 18.0. The minimum Gasteiger partial charge on any atom is -0.481 e. The summed E-state index contributed by atoms with van der Waals surface area (Å²) in [4.78, 5) is 46.8. The number of carbonyl (C=O) groups is 3. The van der Waals surface area contributed by atoms with Gasteiger partial charge in [0.1, 0.15) is 24.2 Å². The number of aryl methyl sites for hydroxylation is 2. The number of nitrogens with two attached hydrogens (primary N) is 2. The van der Waals surface area contributed by atoms with Crippen LogP contribution in [0.25, 0.3) is 0 Å². The molecule has 14 nitrogen and oxygen atoms in total. The molecule has 7 N–H and O–H groups in total. The fraction of sp³-hybridized carbons (Fsp3) is 0.674. The van der Waals surface area contributed by atoms with Crippen LogP contribution in [0.3, 0.4) is 0 Å². The van der Waals surface area contributed by atoms with E-state index in [0.29, 0.717) is 6.42 Å². The number of carboxylic acid groups (broad SMARTS) is 1. The third-order valence-electron chi connectivity index (χ3n) is 9.89. The van der Waals surface area contributed by atoms with Crippen molar-refractivity contribution in [1.82, 2.24) is 0 Å². The van der Waals surface area contributed by atoms with Crippen LogP contribution >= 0.6 is 19.6 Å². The summed E-state index contributed by atoms with van der Waals surface area (Å²) in [5.41, 5.74) is 14.1. The molecule has 0 aliphatic carbocycles. The Hall–Kier alpha value is -3.01. The predicted octanol–water partition coefficient (Wildman–Crippen LogP) is 8.91. The molecule has 0 fully saturated rings. The fourth-order valence-electron chi connectivity index (χ4n) is 6.16. The quantitative estimate of drug-likeness (QED) is 0.0137. The van der Waals surface area contributed by atoms with Gasteiger partial charge in [0.05, 0.1) is 19.3 Å². The molecule has 0 aliphatic rings. The van der Waals surface area contributed by atoms with E-state index >= 15 is 0 Å². The van der Waals surface area contributed by atoms with Crippen LogP contribution in [0.5, 0.6) is 0 Å². The Bertz CT molecular complexity index is 1560. The maximum absolute atomic E-state index is 13.1. The number of aliphatic hydroxyl groups is 1. The molecule has 1 aromatic heterocycles. The van der Waals surface area contributed by atoms with Gasteiger partial charge in [0.15, 0.2) is 6.10 Å². The number of phosphoric acid groups is 1. The molecule has 1 heterocycles. The molecule has 1 unspecified atom stereocenters. The van der Waals surface area contributed by atoms with Crippen LogP contribution < -0.4 is 11.5 Å². The number of rotatable bonds is 38. The van der Waals surface area contributed by atoms with Gasteiger partial charge in [0.2, 0.25) is 0 Å². The van der Waals surface area contributed by atoms with Gasteiger partial charge in [-0.15, -0.1) is 11.8 Å². The van der Waals surface area contributed by atoms with Crippen molar-refractivity contribution in [3.05, 3.63) is 71.3 Å². The number of ether oxygens (including phenoxy) is 2. The van der Waals surface area contributed by atoms with Gasteiger partial charge < -0.3 is 40.5 Å². The average molecular weight is 913 g/mol. The maximum atomic E-state index is 13.1. The summed E-state index contributed by atoms with van der Waals surface area (Å²) < 4.78 is 39.1. The standard InChI is InChI=1S/C46H77N2O12PS/c1-5-7-8-9-10-11-12-13-14-15-19-22-28-43(40(49)26-24-29-44(50)51)62-35-39(48)46(53)59-38(34-58-61(54,55)57-32-31-47)33-56-45(52)30-23-20-17-16-18-21-27-42-37(4)36(3)41(60-42)25-6-2/h10-11,13-15,19,22,28,38-40,43,49H,5-9,12,16-18,20-21,23-27,29-35,47-48H2,1-4H3,(H,50,51)(H,54,55)/b11-10-,14-13-,19-15+,28-22+/t38-,39+,40+,43-/m1/s1. The first-order chi connectivity index (χ1) is 29.7. The number of thioether (sulfide) groups is 1. The number of hydrogen-bond acceptors (Lipinski definition) is 13. The van der Waals surface area contributed by atoms with Crippen molar-refractivity contribution in [1.29, 1.82) is 0 Å². The van der Waals surface area contributed by atoms with Crippen molar-refractivity contribution in [2.24, 2.45) is 11.5 Å². The number of aliphatic carboxylic acids is 1. The van der Waals surface area contributed by atoms with Crippen molar-refractivity contribution in [2.75, 3.05) is 32.1 Å². The summed E-state index contributed by atoms with van der Waals surface area (Å²) in [7, 11) is -4.55. The first kappa shape index (κ1) is 57.0. The SMILES string of the molecule is CCCCC/C=C\C\C=C/C=C/C=C/[C@@H](SC[C@H](N)C(=O)O[C@H](COC(=O)CCCCCCCCc1oc(CCC)c(C)c1C)COP(=O)(O)OCCN)[C@@H](O)CCCC(=O)O. The fourth-order valence-corrected chi connectivity index (χ4v) is 8.05. The summed E-state index contributed by atoms with van der Waals surface area (Å²) in [5.74, 6) is -0.190. The Kier molecular flexibility index (Phi) is 32.5. The van der Waals surface area contributed by atoms with Crippen LogP contribution in [0.2, 0.25) is 0 Å². The number of carboxylic acids is 1. The van der Waals surface area contributed by atoms with E-state index < -0.39 is 62.4 Å². The molecule has 0 spiro atoms. The molecular formula is C46H77N2O12PS. The van der Waals surface area contributed by atoms with Crippen LogP contribution in [0, 0.1) is 13.8 Å². The second-order valence-electron chi connectivity index (χ2n) is 15.4. The number of allylic oxidation sites excluding steroid dienone is 7. The molecule has 0 saturated carbocycles. The zero-order valence-corrected chi connectivity index (χ0v) is 39.4. The third-order valence-corrected chi connectivity index (χ3v) is 12.3. The van der Waals surface area contributed by atoms with Gasteiger partial charge in [-0.3, -0.25) is 23.4 Å². The number of hydrogen-bond donors (Lipinski definition) is 5. The van der Waals surface area contributed by atoms with Crippen molar-refractivity contribution in [3.63, 3.8) is 0 Å². The molecule has 0 amide bonds. The largest absolute Gasteiger partial charge is 0.481 e. The second kappa shape index (κ2) is 35.4. The van der Waals surface area contributed by atoms with E-state index in [1.807, 2.05) is 24.3 Å². The zero-order chi connectivity index (χ0) is 46.0. The predicted molar refractivity (Wildman–Crippen MR) is 247 cm³/mol. The van der Waals surface area contributed by atoms with Crippen LogP contribution in [0.15, 0.2) is 53.0 Å².